The Bertz CT molecular complexity index is 906. The molecule has 1 aliphatic heterocycles. The predicted molar refractivity (Wildman–Crippen MR) is 117 cm³/mol. The molecule has 0 saturated carbocycles. The number of hydrogen-bond acceptors (Lipinski definition) is 3. The average Bonchev–Trinajstić information content (AvgIpc) is 2.76. The molecular formula is C24H30FN3O2. The number of aryl methyl sites for hydroxylation is 1. The quantitative estimate of drug-likeness (QED) is 0.818. The normalized spacial score (nSPS) is 16.2. The first kappa shape index (κ1) is 22.0. The summed E-state index contributed by atoms with van der Waals surface area (Å²) in [6, 6.07) is 13.8. The highest BCUT2D eigenvalue weighted by molar-refractivity contribution is 5.95. The molecule has 0 radical (unpaired) electrons. The molecular weight excluding hydrogens is 381 g/mol. The van der Waals surface area contributed by atoms with Crippen LogP contribution in [-0.4, -0.2) is 53.8 Å². The molecule has 2 amide bonds. The summed E-state index contributed by atoms with van der Waals surface area (Å²) in [5.74, 6) is -0.453. The predicted octanol–water partition coefficient (Wildman–Crippen LogP) is 3.58. The number of nitrogens with one attached hydrogen (secondary N) is 1. The minimum Gasteiger partial charge on any atom is -0.339 e. The van der Waals surface area contributed by atoms with E-state index < -0.39 is 5.41 Å². The van der Waals surface area contributed by atoms with Gasteiger partial charge in [0, 0.05) is 31.9 Å². The highest BCUT2D eigenvalue weighted by atomic mass is 19.1. The van der Waals surface area contributed by atoms with Crippen molar-refractivity contribution in [1.29, 1.82) is 0 Å². The van der Waals surface area contributed by atoms with Crippen molar-refractivity contribution in [3.05, 3.63) is 65.5 Å². The fraction of sp³-hybridized carbons (Fsp3) is 0.417. The Labute approximate surface area is 177 Å². The lowest BCUT2D eigenvalue weighted by Crippen LogP contribution is -2.56. The molecule has 1 heterocycles. The Hall–Kier alpha value is -2.73. The van der Waals surface area contributed by atoms with E-state index in [9.17, 15) is 14.0 Å². The van der Waals surface area contributed by atoms with Gasteiger partial charge in [0.05, 0.1) is 11.5 Å². The van der Waals surface area contributed by atoms with Crippen LogP contribution in [0.3, 0.4) is 0 Å². The summed E-state index contributed by atoms with van der Waals surface area (Å²) in [6.45, 7) is 9.97. The van der Waals surface area contributed by atoms with E-state index in [0.29, 0.717) is 31.9 Å². The van der Waals surface area contributed by atoms with Crippen molar-refractivity contribution >= 4 is 17.5 Å². The van der Waals surface area contributed by atoms with Gasteiger partial charge in [0.25, 0.3) is 0 Å². The lowest BCUT2D eigenvalue weighted by Gasteiger charge is -2.40. The van der Waals surface area contributed by atoms with Gasteiger partial charge in [0.2, 0.25) is 11.8 Å². The third kappa shape index (κ3) is 4.70. The van der Waals surface area contributed by atoms with Gasteiger partial charge in [0.15, 0.2) is 0 Å². The Morgan fingerprint density at radius 1 is 1.03 bits per heavy atom. The van der Waals surface area contributed by atoms with Crippen molar-refractivity contribution in [1.82, 2.24) is 9.80 Å². The Morgan fingerprint density at radius 3 is 2.30 bits per heavy atom. The second-order valence-electron chi connectivity index (χ2n) is 8.44. The second kappa shape index (κ2) is 8.96. The highest BCUT2D eigenvalue weighted by Gasteiger charge is 2.36. The zero-order valence-corrected chi connectivity index (χ0v) is 18.1. The molecule has 30 heavy (non-hydrogen) atoms. The van der Waals surface area contributed by atoms with Gasteiger partial charge in [-0.25, -0.2) is 4.39 Å². The van der Waals surface area contributed by atoms with Gasteiger partial charge in [-0.15, -0.1) is 0 Å². The van der Waals surface area contributed by atoms with Gasteiger partial charge in [-0.2, -0.15) is 0 Å². The van der Waals surface area contributed by atoms with Gasteiger partial charge < -0.3 is 10.2 Å². The minimum atomic E-state index is -0.596. The van der Waals surface area contributed by atoms with Crippen molar-refractivity contribution in [3.8, 4) is 0 Å². The van der Waals surface area contributed by atoms with Crippen LogP contribution >= 0.6 is 0 Å². The molecule has 0 spiro atoms. The van der Waals surface area contributed by atoms with Crippen molar-refractivity contribution in [2.45, 2.75) is 39.2 Å². The van der Waals surface area contributed by atoms with Crippen LogP contribution in [0.1, 0.15) is 31.9 Å². The highest BCUT2D eigenvalue weighted by Crippen LogP contribution is 2.26. The molecule has 0 aromatic heterocycles. The number of carbonyl (C=O) groups is 2. The number of amides is 2. The zero-order valence-electron chi connectivity index (χ0n) is 18.1. The van der Waals surface area contributed by atoms with Gasteiger partial charge in [-0.3, -0.25) is 14.5 Å². The van der Waals surface area contributed by atoms with Crippen LogP contribution < -0.4 is 5.32 Å². The van der Waals surface area contributed by atoms with Crippen molar-refractivity contribution in [2.24, 2.45) is 0 Å². The van der Waals surface area contributed by atoms with Crippen molar-refractivity contribution in [2.75, 3.05) is 31.5 Å². The molecule has 2 aromatic rings. The Morgan fingerprint density at radius 2 is 1.67 bits per heavy atom. The third-order valence-corrected chi connectivity index (χ3v) is 6.02. The van der Waals surface area contributed by atoms with E-state index in [0.717, 1.165) is 11.1 Å². The Kier molecular flexibility index (Phi) is 6.56. The SMILES string of the molecule is Cc1ccc(F)cc1NC(=O)C(C)N1CCN(C(=O)C(C)(C)c2ccccc2)CC1. The van der Waals surface area contributed by atoms with E-state index in [-0.39, 0.29) is 23.7 Å². The molecule has 1 saturated heterocycles. The Balaban J connectivity index is 1.58. The molecule has 1 unspecified atom stereocenters. The largest absolute Gasteiger partial charge is 0.339 e. The summed E-state index contributed by atoms with van der Waals surface area (Å²) in [5, 5.41) is 2.83. The van der Waals surface area contributed by atoms with Crippen LogP contribution in [-0.2, 0) is 15.0 Å². The van der Waals surface area contributed by atoms with E-state index in [1.807, 2.05) is 62.9 Å². The van der Waals surface area contributed by atoms with Gasteiger partial charge in [-0.05, 0) is 51.0 Å². The zero-order chi connectivity index (χ0) is 21.9. The number of benzene rings is 2. The molecule has 0 bridgehead atoms. The first-order valence-electron chi connectivity index (χ1n) is 10.4. The lowest BCUT2D eigenvalue weighted by molar-refractivity contribution is -0.138. The molecule has 160 valence electrons. The van der Waals surface area contributed by atoms with Crippen LogP contribution in [0.4, 0.5) is 10.1 Å². The maximum Gasteiger partial charge on any atom is 0.241 e. The first-order valence-corrected chi connectivity index (χ1v) is 10.4. The fourth-order valence-electron chi connectivity index (χ4n) is 3.82. The number of anilines is 1. The lowest BCUT2D eigenvalue weighted by atomic mass is 9.83. The maximum atomic E-state index is 13.5. The minimum absolute atomic E-state index is 0.0980. The summed E-state index contributed by atoms with van der Waals surface area (Å²) in [4.78, 5) is 29.8. The molecule has 2 aromatic carbocycles. The molecule has 3 rings (SSSR count). The van der Waals surface area contributed by atoms with Crippen molar-refractivity contribution in [3.63, 3.8) is 0 Å². The standard InChI is InChI=1S/C24H30FN3O2/c1-17-10-11-20(25)16-21(17)26-22(29)18(2)27-12-14-28(15-13-27)23(30)24(3,4)19-8-6-5-7-9-19/h5-11,16,18H,12-15H2,1-4H3,(H,26,29). The van der Waals surface area contributed by atoms with Crippen LogP contribution in [0.15, 0.2) is 48.5 Å². The van der Waals surface area contributed by atoms with Crippen LogP contribution in [0.5, 0.6) is 0 Å². The molecule has 1 fully saturated rings. The second-order valence-corrected chi connectivity index (χ2v) is 8.44. The van der Waals surface area contributed by atoms with E-state index in [2.05, 4.69) is 10.2 Å². The van der Waals surface area contributed by atoms with E-state index >= 15 is 0 Å². The van der Waals surface area contributed by atoms with Crippen LogP contribution in [0.2, 0.25) is 0 Å². The molecule has 5 nitrogen and oxygen atoms in total. The number of hydrogen-bond donors (Lipinski definition) is 1. The number of carbonyl (C=O) groups excluding carboxylic acids is 2. The van der Waals surface area contributed by atoms with Crippen LogP contribution in [0, 0.1) is 12.7 Å². The van der Waals surface area contributed by atoms with Crippen molar-refractivity contribution < 1.29 is 14.0 Å². The summed E-state index contributed by atoms with van der Waals surface area (Å²) in [7, 11) is 0. The number of nitrogens with zero attached hydrogens (tertiary/aromatic N) is 2. The van der Waals surface area contributed by atoms with Gasteiger partial charge in [0.1, 0.15) is 5.82 Å². The summed E-state index contributed by atoms with van der Waals surface area (Å²) in [5.41, 5.74) is 1.71. The van der Waals surface area contributed by atoms with E-state index in [4.69, 9.17) is 0 Å². The van der Waals surface area contributed by atoms with E-state index in [1.54, 1.807) is 6.07 Å². The smallest absolute Gasteiger partial charge is 0.241 e. The molecule has 1 atom stereocenters. The summed E-state index contributed by atoms with van der Waals surface area (Å²) < 4.78 is 13.5. The summed E-state index contributed by atoms with van der Waals surface area (Å²) >= 11 is 0. The van der Waals surface area contributed by atoms with Gasteiger partial charge >= 0.3 is 0 Å². The summed E-state index contributed by atoms with van der Waals surface area (Å²) in [6.07, 6.45) is 0. The van der Waals surface area contributed by atoms with Gasteiger partial charge in [-0.1, -0.05) is 36.4 Å². The average molecular weight is 412 g/mol. The molecule has 6 heteroatoms. The molecule has 0 aliphatic carbocycles. The maximum absolute atomic E-state index is 13.5. The number of rotatable bonds is 5. The first-order chi connectivity index (χ1) is 14.2. The molecule has 1 aliphatic rings. The monoisotopic (exact) mass is 411 g/mol. The number of piperazine rings is 1. The van der Waals surface area contributed by atoms with Crippen LogP contribution in [0.25, 0.3) is 0 Å². The fourth-order valence-corrected chi connectivity index (χ4v) is 3.82. The molecule has 1 N–H and O–H groups in total. The third-order valence-electron chi connectivity index (χ3n) is 6.02. The topological polar surface area (TPSA) is 52.7 Å². The van der Waals surface area contributed by atoms with E-state index in [1.165, 1.54) is 12.1 Å². The number of halogens is 1.